The Bertz CT molecular complexity index is 1520. The summed E-state index contributed by atoms with van der Waals surface area (Å²) in [6.45, 7) is 5.27. The molecule has 3 aromatic rings. The maximum atomic E-state index is 13.5. The fourth-order valence-corrected chi connectivity index (χ4v) is 5.81. The van der Waals surface area contributed by atoms with Crippen molar-refractivity contribution < 1.29 is 47.5 Å². The number of carbonyl (C=O) groups excluding carboxylic acids is 2. The zero-order valence-corrected chi connectivity index (χ0v) is 23.3. The minimum atomic E-state index is -0.808. The quantitative estimate of drug-likeness (QED) is 0.364. The molecule has 0 saturated heterocycles. The fraction of sp³-hybridized carbons (Fsp3) is 0.355. The van der Waals surface area contributed by atoms with E-state index < -0.39 is 24.1 Å². The van der Waals surface area contributed by atoms with Gasteiger partial charge in [-0.25, -0.2) is 4.79 Å². The number of benzene rings is 3. The summed E-state index contributed by atoms with van der Waals surface area (Å²) in [5.74, 6) is 0.797. The van der Waals surface area contributed by atoms with Crippen molar-refractivity contribution in [2.24, 2.45) is 11.8 Å². The SMILES string of the molecule is COc1c2c(cc3c1-c1c(cc4c(c1OC)OCO4)C(OC(=O)c1ccccc1)C(C)C(C)C3OC(C)=O)OCO2. The van der Waals surface area contributed by atoms with E-state index in [-0.39, 0.29) is 25.4 Å². The van der Waals surface area contributed by atoms with Crippen LogP contribution in [0.1, 0.15) is 54.5 Å². The van der Waals surface area contributed by atoms with E-state index >= 15 is 0 Å². The van der Waals surface area contributed by atoms with Crippen molar-refractivity contribution in [3.63, 3.8) is 0 Å². The Labute approximate surface area is 237 Å². The molecular weight excluding hydrogens is 532 g/mol. The number of rotatable bonds is 5. The average Bonchev–Trinajstić information content (AvgIpc) is 3.65. The highest BCUT2D eigenvalue weighted by atomic mass is 16.7. The summed E-state index contributed by atoms with van der Waals surface area (Å²) in [5.41, 5.74) is 2.75. The van der Waals surface area contributed by atoms with E-state index in [9.17, 15) is 9.59 Å². The summed E-state index contributed by atoms with van der Waals surface area (Å²) in [4.78, 5) is 26.0. The van der Waals surface area contributed by atoms with Gasteiger partial charge in [-0.2, -0.15) is 0 Å². The van der Waals surface area contributed by atoms with Gasteiger partial charge in [-0.1, -0.05) is 32.0 Å². The Balaban J connectivity index is 1.68. The van der Waals surface area contributed by atoms with Gasteiger partial charge < -0.3 is 37.9 Å². The van der Waals surface area contributed by atoms with Gasteiger partial charge in [0.25, 0.3) is 0 Å². The van der Waals surface area contributed by atoms with Crippen molar-refractivity contribution in [2.75, 3.05) is 27.8 Å². The summed E-state index contributed by atoms with van der Waals surface area (Å²) >= 11 is 0. The topological polar surface area (TPSA) is 108 Å². The van der Waals surface area contributed by atoms with Crippen LogP contribution in [0, 0.1) is 11.8 Å². The first-order valence-corrected chi connectivity index (χ1v) is 13.3. The Hall–Kier alpha value is -4.60. The molecule has 4 atom stereocenters. The van der Waals surface area contributed by atoms with Gasteiger partial charge in [0, 0.05) is 41.0 Å². The molecule has 0 radical (unpaired) electrons. The van der Waals surface area contributed by atoms with E-state index in [2.05, 4.69) is 0 Å². The third-order valence-electron chi connectivity index (χ3n) is 7.89. The number of hydrogen-bond acceptors (Lipinski definition) is 10. The molecule has 4 unspecified atom stereocenters. The van der Waals surface area contributed by atoms with Crippen LogP contribution in [0.2, 0.25) is 0 Å². The van der Waals surface area contributed by atoms with Crippen molar-refractivity contribution in [1.82, 2.24) is 0 Å². The van der Waals surface area contributed by atoms with Crippen LogP contribution in [0.5, 0.6) is 34.5 Å². The molecule has 3 aliphatic rings. The predicted molar refractivity (Wildman–Crippen MR) is 145 cm³/mol. The summed E-state index contributed by atoms with van der Waals surface area (Å²) in [6, 6.07) is 12.4. The molecule has 6 rings (SSSR count). The van der Waals surface area contributed by atoms with E-state index in [4.69, 9.17) is 37.9 Å². The Morgan fingerprint density at radius 2 is 1.22 bits per heavy atom. The normalized spacial score (nSPS) is 21.6. The average molecular weight is 563 g/mol. The Morgan fingerprint density at radius 3 is 1.68 bits per heavy atom. The monoisotopic (exact) mass is 562 g/mol. The standard InChI is InChI=1S/C31H30O10/c1-15-16(2)26(41-31(33)18-9-7-6-8-10-18)20-12-22-28(39-14-37-22)30(35-5)24(20)23-19(25(15)40-17(3)32)11-21-27(29(23)34-4)38-13-36-21/h6-12,15-16,25-26H,13-14H2,1-5H3. The minimum absolute atomic E-state index is 0.00121. The molecule has 0 bridgehead atoms. The molecule has 3 aromatic carbocycles. The number of methoxy groups -OCH3 is 2. The van der Waals surface area contributed by atoms with Crippen LogP contribution in [0.3, 0.4) is 0 Å². The van der Waals surface area contributed by atoms with Gasteiger partial charge in [0.05, 0.1) is 19.8 Å². The molecule has 0 N–H and O–H groups in total. The van der Waals surface area contributed by atoms with Crippen LogP contribution in [0.15, 0.2) is 42.5 Å². The Morgan fingerprint density at radius 1 is 0.732 bits per heavy atom. The van der Waals surface area contributed by atoms with Crippen LogP contribution in [-0.2, 0) is 14.3 Å². The zero-order chi connectivity index (χ0) is 28.8. The molecule has 10 heteroatoms. The molecule has 0 spiro atoms. The zero-order valence-electron chi connectivity index (χ0n) is 23.3. The van der Waals surface area contributed by atoms with Crippen molar-refractivity contribution >= 4 is 11.9 Å². The van der Waals surface area contributed by atoms with Gasteiger partial charge in [0.15, 0.2) is 23.0 Å². The lowest BCUT2D eigenvalue weighted by Gasteiger charge is -2.38. The van der Waals surface area contributed by atoms with Gasteiger partial charge in [-0.3, -0.25) is 4.79 Å². The lowest BCUT2D eigenvalue weighted by Crippen LogP contribution is -2.31. The molecule has 0 aromatic heterocycles. The van der Waals surface area contributed by atoms with Crippen molar-refractivity contribution in [3.05, 3.63) is 59.2 Å². The molecule has 0 saturated carbocycles. The third-order valence-corrected chi connectivity index (χ3v) is 7.89. The second-order valence-electron chi connectivity index (χ2n) is 10.2. The van der Waals surface area contributed by atoms with E-state index in [1.807, 2.05) is 26.0 Å². The van der Waals surface area contributed by atoms with Gasteiger partial charge in [0.1, 0.15) is 12.2 Å². The van der Waals surface area contributed by atoms with Crippen molar-refractivity contribution in [1.29, 1.82) is 0 Å². The second kappa shape index (κ2) is 10.4. The molecule has 214 valence electrons. The first kappa shape index (κ1) is 26.6. The molecule has 10 nitrogen and oxygen atoms in total. The lowest BCUT2D eigenvalue weighted by atomic mass is 9.74. The fourth-order valence-electron chi connectivity index (χ4n) is 5.81. The Kier molecular flexibility index (Phi) is 6.76. The smallest absolute Gasteiger partial charge is 0.338 e. The largest absolute Gasteiger partial charge is 0.492 e. The summed E-state index contributed by atoms with van der Waals surface area (Å²) in [5, 5.41) is 0. The molecule has 1 aliphatic carbocycles. The highest BCUT2D eigenvalue weighted by Crippen LogP contribution is 2.61. The molecule has 0 fully saturated rings. The highest BCUT2D eigenvalue weighted by molar-refractivity contribution is 5.91. The minimum Gasteiger partial charge on any atom is -0.492 e. The van der Waals surface area contributed by atoms with E-state index in [0.29, 0.717) is 62.3 Å². The number of ether oxygens (including phenoxy) is 8. The summed E-state index contributed by atoms with van der Waals surface area (Å²) in [7, 11) is 3.05. The van der Waals surface area contributed by atoms with Crippen LogP contribution >= 0.6 is 0 Å². The third kappa shape index (κ3) is 4.34. The van der Waals surface area contributed by atoms with Crippen LogP contribution in [-0.4, -0.2) is 39.7 Å². The van der Waals surface area contributed by atoms with Crippen LogP contribution in [0.4, 0.5) is 0 Å². The first-order valence-electron chi connectivity index (χ1n) is 13.3. The maximum Gasteiger partial charge on any atom is 0.338 e. The van der Waals surface area contributed by atoms with E-state index in [0.717, 1.165) is 0 Å². The van der Waals surface area contributed by atoms with Crippen LogP contribution in [0.25, 0.3) is 11.1 Å². The first-order chi connectivity index (χ1) is 19.8. The van der Waals surface area contributed by atoms with Gasteiger partial charge in [-0.15, -0.1) is 0 Å². The van der Waals surface area contributed by atoms with Gasteiger partial charge >= 0.3 is 11.9 Å². The van der Waals surface area contributed by atoms with Crippen LogP contribution < -0.4 is 28.4 Å². The number of carbonyl (C=O) groups is 2. The van der Waals surface area contributed by atoms with E-state index in [1.165, 1.54) is 21.1 Å². The maximum absolute atomic E-state index is 13.5. The number of hydrogen-bond donors (Lipinski definition) is 0. The summed E-state index contributed by atoms with van der Waals surface area (Å²) in [6.07, 6.45) is -1.57. The molecule has 2 heterocycles. The van der Waals surface area contributed by atoms with Crippen molar-refractivity contribution in [2.45, 2.75) is 33.0 Å². The molecule has 0 amide bonds. The summed E-state index contributed by atoms with van der Waals surface area (Å²) < 4.78 is 47.4. The molecule has 2 aliphatic heterocycles. The van der Waals surface area contributed by atoms with Gasteiger partial charge in [0.2, 0.25) is 25.1 Å². The highest BCUT2D eigenvalue weighted by Gasteiger charge is 2.45. The van der Waals surface area contributed by atoms with Crippen molar-refractivity contribution in [3.8, 4) is 45.6 Å². The predicted octanol–water partition coefficient (Wildman–Crippen LogP) is 5.62. The second-order valence-corrected chi connectivity index (χ2v) is 10.2. The number of esters is 2. The molecule has 41 heavy (non-hydrogen) atoms. The molecular formula is C31H30O10. The van der Waals surface area contributed by atoms with E-state index in [1.54, 1.807) is 30.3 Å². The lowest BCUT2D eigenvalue weighted by molar-refractivity contribution is -0.151. The number of fused-ring (bicyclic) bond motifs is 5. The van der Waals surface area contributed by atoms with Gasteiger partial charge in [-0.05, 0) is 24.3 Å².